The van der Waals surface area contributed by atoms with Crippen molar-refractivity contribution >= 4 is 11.6 Å². The van der Waals surface area contributed by atoms with Crippen LogP contribution in [-0.2, 0) is 0 Å². The molecule has 6 nitrogen and oxygen atoms in total. The van der Waals surface area contributed by atoms with Crippen LogP contribution in [0.1, 0.15) is 29.6 Å². The van der Waals surface area contributed by atoms with Gasteiger partial charge in [-0.2, -0.15) is 0 Å². The molecule has 0 atom stereocenters. The van der Waals surface area contributed by atoms with Gasteiger partial charge < -0.3 is 9.80 Å². The summed E-state index contributed by atoms with van der Waals surface area (Å²) in [5.74, 6) is -0.0838. The largest absolute Gasteiger partial charge is 0.338 e. The number of nitro groups is 1. The Morgan fingerprint density at radius 2 is 1.91 bits per heavy atom. The Kier molecular flexibility index (Phi) is 3.87. The Labute approximate surface area is 129 Å². The van der Waals surface area contributed by atoms with E-state index in [2.05, 4.69) is 11.9 Å². The van der Waals surface area contributed by atoms with E-state index in [1.807, 2.05) is 4.90 Å². The molecule has 2 aliphatic heterocycles. The molecule has 2 fully saturated rings. The highest BCUT2D eigenvalue weighted by molar-refractivity contribution is 5.95. The molecule has 0 unspecified atom stereocenters. The van der Waals surface area contributed by atoms with Gasteiger partial charge in [0.05, 0.1) is 4.92 Å². The molecule has 0 bridgehead atoms. The fourth-order valence-corrected chi connectivity index (χ4v) is 3.54. The van der Waals surface area contributed by atoms with Crippen LogP contribution < -0.4 is 0 Å². The molecule has 0 radical (unpaired) electrons. The quantitative estimate of drug-likeness (QED) is 0.620. The highest BCUT2D eigenvalue weighted by atomic mass is 16.6. The van der Waals surface area contributed by atoms with Crippen molar-refractivity contribution in [3.05, 3.63) is 39.9 Å². The van der Waals surface area contributed by atoms with Crippen molar-refractivity contribution < 1.29 is 9.72 Å². The van der Waals surface area contributed by atoms with E-state index in [4.69, 9.17) is 0 Å². The summed E-state index contributed by atoms with van der Waals surface area (Å²) < 4.78 is 0. The van der Waals surface area contributed by atoms with Crippen LogP contribution in [0, 0.1) is 15.5 Å². The number of hydrogen-bond acceptors (Lipinski definition) is 4. The molecule has 1 aromatic carbocycles. The second-order valence-electron chi connectivity index (χ2n) is 6.59. The molecule has 0 saturated carbocycles. The number of benzene rings is 1. The van der Waals surface area contributed by atoms with E-state index in [9.17, 15) is 14.9 Å². The van der Waals surface area contributed by atoms with Gasteiger partial charge >= 0.3 is 0 Å². The number of hydrogen-bond donors (Lipinski definition) is 0. The molecule has 118 valence electrons. The molecule has 2 heterocycles. The van der Waals surface area contributed by atoms with Gasteiger partial charge in [0.15, 0.2) is 0 Å². The standard InChI is InChI=1S/C16H21N3O3/c1-17-8-5-16(6-9-17)7-10-18(12-16)15(20)13-3-2-4-14(11-13)19(21)22/h2-4,11H,5-10,12H2,1H3. The van der Waals surface area contributed by atoms with Gasteiger partial charge in [-0.3, -0.25) is 14.9 Å². The summed E-state index contributed by atoms with van der Waals surface area (Å²) in [6, 6.07) is 6.03. The molecule has 0 aromatic heterocycles. The van der Waals surface area contributed by atoms with Crippen LogP contribution in [0.25, 0.3) is 0 Å². The highest BCUT2D eigenvalue weighted by Gasteiger charge is 2.41. The first kappa shape index (κ1) is 15.0. The van der Waals surface area contributed by atoms with E-state index in [1.54, 1.807) is 12.1 Å². The van der Waals surface area contributed by atoms with Crippen LogP contribution in [0.2, 0.25) is 0 Å². The highest BCUT2D eigenvalue weighted by Crippen LogP contribution is 2.40. The van der Waals surface area contributed by atoms with Gasteiger partial charge in [0, 0.05) is 30.8 Å². The minimum Gasteiger partial charge on any atom is -0.338 e. The molecule has 1 amide bonds. The molecule has 6 heteroatoms. The molecular formula is C16H21N3O3. The summed E-state index contributed by atoms with van der Waals surface area (Å²) in [4.78, 5) is 27.2. The summed E-state index contributed by atoms with van der Waals surface area (Å²) in [7, 11) is 2.13. The number of carbonyl (C=O) groups is 1. The lowest BCUT2D eigenvalue weighted by Gasteiger charge is -2.37. The SMILES string of the molecule is CN1CCC2(CC1)CCN(C(=O)c1cccc([N+](=O)[O-])c1)C2. The number of amides is 1. The van der Waals surface area contributed by atoms with Crippen LogP contribution in [0.5, 0.6) is 0 Å². The average molecular weight is 303 g/mol. The molecule has 2 saturated heterocycles. The van der Waals surface area contributed by atoms with Crippen LogP contribution in [0.3, 0.4) is 0 Å². The van der Waals surface area contributed by atoms with Crippen molar-refractivity contribution in [1.29, 1.82) is 0 Å². The van der Waals surface area contributed by atoms with E-state index in [0.29, 0.717) is 5.56 Å². The number of carbonyl (C=O) groups excluding carboxylic acids is 1. The van der Waals surface area contributed by atoms with Gasteiger partial charge in [-0.25, -0.2) is 0 Å². The lowest BCUT2D eigenvalue weighted by atomic mass is 9.78. The molecule has 22 heavy (non-hydrogen) atoms. The summed E-state index contributed by atoms with van der Waals surface area (Å²) in [6.07, 6.45) is 3.30. The van der Waals surface area contributed by atoms with Crippen molar-refractivity contribution in [3.63, 3.8) is 0 Å². The normalized spacial score (nSPS) is 21.2. The first-order valence-electron chi connectivity index (χ1n) is 7.71. The van der Waals surface area contributed by atoms with Gasteiger partial charge in [0.25, 0.3) is 11.6 Å². The molecule has 1 spiro atoms. The molecule has 2 aliphatic rings. The van der Waals surface area contributed by atoms with Gasteiger partial charge in [0.1, 0.15) is 0 Å². The summed E-state index contributed by atoms with van der Waals surface area (Å²) in [5.41, 5.74) is 0.640. The van der Waals surface area contributed by atoms with Crippen molar-refractivity contribution in [1.82, 2.24) is 9.80 Å². The monoisotopic (exact) mass is 303 g/mol. The van der Waals surface area contributed by atoms with Crippen LogP contribution in [0.4, 0.5) is 5.69 Å². The second-order valence-corrected chi connectivity index (χ2v) is 6.59. The van der Waals surface area contributed by atoms with Crippen molar-refractivity contribution in [3.8, 4) is 0 Å². The van der Waals surface area contributed by atoms with Crippen molar-refractivity contribution in [2.75, 3.05) is 33.2 Å². The lowest BCUT2D eigenvalue weighted by molar-refractivity contribution is -0.384. The smallest absolute Gasteiger partial charge is 0.270 e. The van der Waals surface area contributed by atoms with Gasteiger partial charge in [-0.05, 0) is 50.9 Å². The minimum atomic E-state index is -0.459. The zero-order valence-electron chi connectivity index (χ0n) is 12.8. The average Bonchev–Trinajstić information content (AvgIpc) is 2.94. The van der Waals surface area contributed by atoms with Gasteiger partial charge in [-0.1, -0.05) is 6.07 Å². The van der Waals surface area contributed by atoms with Crippen LogP contribution >= 0.6 is 0 Å². The van der Waals surface area contributed by atoms with E-state index in [-0.39, 0.29) is 17.0 Å². The Morgan fingerprint density at radius 1 is 1.23 bits per heavy atom. The maximum Gasteiger partial charge on any atom is 0.270 e. The predicted molar refractivity (Wildman–Crippen MR) is 82.8 cm³/mol. The number of piperidine rings is 1. The number of likely N-dealkylation sites (tertiary alicyclic amines) is 2. The number of non-ortho nitro benzene ring substituents is 1. The number of rotatable bonds is 2. The van der Waals surface area contributed by atoms with Crippen LogP contribution in [-0.4, -0.2) is 53.9 Å². The summed E-state index contributed by atoms with van der Waals surface area (Å²) >= 11 is 0. The first-order chi connectivity index (χ1) is 10.5. The van der Waals surface area contributed by atoms with Gasteiger partial charge in [-0.15, -0.1) is 0 Å². The maximum absolute atomic E-state index is 12.6. The fraction of sp³-hybridized carbons (Fsp3) is 0.562. The van der Waals surface area contributed by atoms with E-state index < -0.39 is 4.92 Å². The summed E-state index contributed by atoms with van der Waals surface area (Å²) in [6.45, 7) is 3.70. The molecule has 0 aliphatic carbocycles. The molecule has 1 aromatic rings. The van der Waals surface area contributed by atoms with Gasteiger partial charge in [0.2, 0.25) is 0 Å². The predicted octanol–water partition coefficient (Wildman–Crippen LogP) is 2.15. The third-order valence-electron chi connectivity index (χ3n) is 5.08. The van der Waals surface area contributed by atoms with Crippen LogP contribution in [0.15, 0.2) is 24.3 Å². The van der Waals surface area contributed by atoms with E-state index in [1.165, 1.54) is 12.1 Å². The van der Waals surface area contributed by atoms with Crippen molar-refractivity contribution in [2.24, 2.45) is 5.41 Å². The zero-order valence-corrected chi connectivity index (χ0v) is 12.8. The maximum atomic E-state index is 12.6. The molecule has 3 rings (SSSR count). The molecule has 0 N–H and O–H groups in total. The Morgan fingerprint density at radius 3 is 2.59 bits per heavy atom. The lowest BCUT2D eigenvalue weighted by Crippen LogP contribution is -2.40. The number of nitro benzene ring substituents is 1. The zero-order chi connectivity index (χ0) is 15.7. The van der Waals surface area contributed by atoms with Crippen molar-refractivity contribution in [2.45, 2.75) is 19.3 Å². The summed E-state index contributed by atoms with van der Waals surface area (Å²) in [5, 5.41) is 10.8. The number of nitrogens with zero attached hydrogens (tertiary/aromatic N) is 3. The first-order valence-corrected chi connectivity index (χ1v) is 7.71. The Hall–Kier alpha value is -1.95. The third-order valence-corrected chi connectivity index (χ3v) is 5.08. The molecular weight excluding hydrogens is 282 g/mol. The minimum absolute atomic E-state index is 0.0287. The fourth-order valence-electron chi connectivity index (χ4n) is 3.54. The van der Waals surface area contributed by atoms with E-state index in [0.717, 1.165) is 45.4 Å². The second kappa shape index (κ2) is 5.68. The van der Waals surface area contributed by atoms with E-state index >= 15 is 0 Å². The topological polar surface area (TPSA) is 66.7 Å². The Balaban J connectivity index is 1.71. The Bertz CT molecular complexity index is 594. The third kappa shape index (κ3) is 2.83.